The van der Waals surface area contributed by atoms with Gasteiger partial charge in [-0.25, -0.2) is 0 Å². The summed E-state index contributed by atoms with van der Waals surface area (Å²) in [5, 5.41) is 8.74. The van der Waals surface area contributed by atoms with E-state index >= 15 is 0 Å². The van der Waals surface area contributed by atoms with Crippen molar-refractivity contribution in [1.82, 2.24) is 4.90 Å². The smallest absolute Gasteiger partial charge is 0.303 e. The summed E-state index contributed by atoms with van der Waals surface area (Å²) in [6.07, 6.45) is 0.781. The van der Waals surface area contributed by atoms with Gasteiger partial charge < -0.3 is 15.7 Å². The molecule has 1 heterocycles. The molecule has 0 aromatic rings. The average molecular weight is 228 g/mol. The lowest BCUT2D eigenvalue weighted by molar-refractivity contribution is -0.142. The number of carboxylic acids is 1. The average Bonchev–Trinajstić information content (AvgIpc) is 2.14. The Kier molecular flexibility index (Phi) is 4.29. The maximum Gasteiger partial charge on any atom is 0.303 e. The third kappa shape index (κ3) is 3.48. The Bertz CT molecular complexity index is 278. The number of amides is 1. The second-order valence-corrected chi connectivity index (χ2v) is 4.86. The minimum Gasteiger partial charge on any atom is -0.481 e. The van der Waals surface area contributed by atoms with Crippen molar-refractivity contribution in [2.24, 2.45) is 17.6 Å². The largest absolute Gasteiger partial charge is 0.481 e. The standard InChI is InChI=1S/C11H20N2O3/c1-7(2)11(16)13-5-8(4-10(14)15)3-9(12)6-13/h7-9H,3-6,12H2,1-2H3,(H,14,15). The zero-order valence-electron chi connectivity index (χ0n) is 9.85. The first-order valence-corrected chi connectivity index (χ1v) is 5.66. The molecule has 16 heavy (non-hydrogen) atoms. The lowest BCUT2D eigenvalue weighted by Gasteiger charge is -2.36. The molecule has 0 aromatic carbocycles. The minimum absolute atomic E-state index is 0.0102. The lowest BCUT2D eigenvalue weighted by atomic mass is 9.91. The SMILES string of the molecule is CC(C)C(=O)N1CC(N)CC(CC(=O)O)C1. The summed E-state index contributed by atoms with van der Waals surface area (Å²) in [5.41, 5.74) is 5.84. The fourth-order valence-electron chi connectivity index (χ4n) is 2.19. The van der Waals surface area contributed by atoms with Gasteiger partial charge in [0.05, 0.1) is 0 Å². The number of nitrogens with zero attached hydrogens (tertiary/aromatic N) is 1. The maximum atomic E-state index is 11.8. The number of carboxylic acid groups (broad SMARTS) is 1. The first kappa shape index (κ1) is 13.0. The van der Waals surface area contributed by atoms with Gasteiger partial charge in [0.15, 0.2) is 0 Å². The zero-order valence-corrected chi connectivity index (χ0v) is 9.85. The van der Waals surface area contributed by atoms with Crippen LogP contribution in [0.25, 0.3) is 0 Å². The number of hydrogen-bond donors (Lipinski definition) is 2. The first-order chi connectivity index (χ1) is 7.40. The molecule has 1 aliphatic heterocycles. The van der Waals surface area contributed by atoms with E-state index < -0.39 is 5.97 Å². The van der Waals surface area contributed by atoms with Gasteiger partial charge in [-0.15, -0.1) is 0 Å². The third-order valence-electron chi connectivity index (χ3n) is 2.84. The van der Waals surface area contributed by atoms with Gasteiger partial charge in [0, 0.05) is 31.5 Å². The van der Waals surface area contributed by atoms with Gasteiger partial charge in [0.2, 0.25) is 5.91 Å². The van der Waals surface area contributed by atoms with Crippen LogP contribution in [-0.4, -0.2) is 41.0 Å². The first-order valence-electron chi connectivity index (χ1n) is 5.66. The number of nitrogens with two attached hydrogens (primary N) is 1. The Morgan fingerprint density at radius 2 is 2.06 bits per heavy atom. The molecule has 5 heteroatoms. The minimum atomic E-state index is -0.823. The molecule has 5 nitrogen and oxygen atoms in total. The summed E-state index contributed by atoms with van der Waals surface area (Å²) in [7, 11) is 0. The molecule has 1 fully saturated rings. The van der Waals surface area contributed by atoms with E-state index in [9.17, 15) is 9.59 Å². The van der Waals surface area contributed by atoms with Gasteiger partial charge in [0.1, 0.15) is 0 Å². The fraction of sp³-hybridized carbons (Fsp3) is 0.818. The van der Waals surface area contributed by atoms with Gasteiger partial charge in [-0.2, -0.15) is 0 Å². The number of carbonyl (C=O) groups excluding carboxylic acids is 1. The highest BCUT2D eigenvalue weighted by Gasteiger charge is 2.30. The van der Waals surface area contributed by atoms with Crippen LogP contribution in [0.15, 0.2) is 0 Å². The normalized spacial score (nSPS) is 25.9. The second kappa shape index (κ2) is 5.30. The molecule has 0 saturated carbocycles. The van der Waals surface area contributed by atoms with Crippen LogP contribution in [0.1, 0.15) is 26.7 Å². The molecular weight excluding hydrogens is 208 g/mol. The molecule has 0 bridgehead atoms. The molecule has 3 N–H and O–H groups in total. The fourth-order valence-corrected chi connectivity index (χ4v) is 2.19. The Balaban J connectivity index is 2.60. The molecule has 1 saturated heterocycles. The number of aliphatic carboxylic acids is 1. The summed E-state index contributed by atoms with van der Waals surface area (Å²) in [6, 6.07) is -0.0965. The van der Waals surface area contributed by atoms with Gasteiger partial charge in [0.25, 0.3) is 0 Å². The van der Waals surface area contributed by atoms with E-state index in [0.717, 1.165) is 0 Å². The molecule has 0 spiro atoms. The molecule has 1 rings (SSSR count). The van der Waals surface area contributed by atoms with E-state index in [0.29, 0.717) is 19.5 Å². The van der Waals surface area contributed by atoms with Crippen LogP contribution in [0, 0.1) is 11.8 Å². The van der Waals surface area contributed by atoms with Crippen LogP contribution >= 0.6 is 0 Å². The van der Waals surface area contributed by atoms with Crippen molar-refractivity contribution in [3.63, 3.8) is 0 Å². The predicted octanol–water partition coefficient (Wildman–Crippen LogP) is 0.293. The number of rotatable bonds is 3. The van der Waals surface area contributed by atoms with Crippen molar-refractivity contribution in [3.05, 3.63) is 0 Å². The lowest BCUT2D eigenvalue weighted by Crippen LogP contribution is -2.50. The number of carbonyl (C=O) groups is 2. The van der Waals surface area contributed by atoms with Crippen molar-refractivity contribution in [2.75, 3.05) is 13.1 Å². The van der Waals surface area contributed by atoms with Crippen LogP contribution in [-0.2, 0) is 9.59 Å². The van der Waals surface area contributed by atoms with Crippen LogP contribution in [0.3, 0.4) is 0 Å². The van der Waals surface area contributed by atoms with Gasteiger partial charge in [-0.3, -0.25) is 9.59 Å². The maximum absolute atomic E-state index is 11.8. The number of hydrogen-bond acceptors (Lipinski definition) is 3. The van der Waals surface area contributed by atoms with Crippen LogP contribution in [0.5, 0.6) is 0 Å². The van der Waals surface area contributed by atoms with E-state index in [2.05, 4.69) is 0 Å². The van der Waals surface area contributed by atoms with E-state index in [1.807, 2.05) is 13.8 Å². The quantitative estimate of drug-likeness (QED) is 0.727. The third-order valence-corrected chi connectivity index (χ3v) is 2.84. The Morgan fingerprint density at radius 1 is 1.44 bits per heavy atom. The van der Waals surface area contributed by atoms with E-state index in [4.69, 9.17) is 10.8 Å². The molecular formula is C11H20N2O3. The van der Waals surface area contributed by atoms with E-state index in [1.54, 1.807) is 4.90 Å². The number of likely N-dealkylation sites (tertiary alicyclic amines) is 1. The molecule has 0 radical (unpaired) electrons. The van der Waals surface area contributed by atoms with Crippen molar-refractivity contribution in [2.45, 2.75) is 32.7 Å². The molecule has 0 aliphatic carbocycles. The Hall–Kier alpha value is -1.10. The van der Waals surface area contributed by atoms with Crippen LogP contribution in [0.2, 0.25) is 0 Å². The number of piperidine rings is 1. The van der Waals surface area contributed by atoms with E-state index in [-0.39, 0.29) is 30.2 Å². The van der Waals surface area contributed by atoms with Crippen molar-refractivity contribution < 1.29 is 14.7 Å². The molecule has 1 amide bonds. The second-order valence-electron chi connectivity index (χ2n) is 4.86. The summed E-state index contributed by atoms with van der Waals surface area (Å²) < 4.78 is 0. The molecule has 0 aromatic heterocycles. The summed E-state index contributed by atoms with van der Waals surface area (Å²) >= 11 is 0. The van der Waals surface area contributed by atoms with Gasteiger partial charge >= 0.3 is 5.97 Å². The topological polar surface area (TPSA) is 83.6 Å². The monoisotopic (exact) mass is 228 g/mol. The van der Waals surface area contributed by atoms with Gasteiger partial charge in [-0.05, 0) is 12.3 Å². The molecule has 1 aliphatic rings. The van der Waals surface area contributed by atoms with E-state index in [1.165, 1.54) is 0 Å². The Morgan fingerprint density at radius 3 is 2.56 bits per heavy atom. The van der Waals surface area contributed by atoms with Crippen molar-refractivity contribution >= 4 is 11.9 Å². The summed E-state index contributed by atoms with van der Waals surface area (Å²) in [4.78, 5) is 24.1. The zero-order chi connectivity index (χ0) is 12.3. The predicted molar refractivity (Wildman–Crippen MR) is 59.8 cm³/mol. The molecule has 2 atom stereocenters. The molecule has 2 unspecified atom stereocenters. The molecule has 92 valence electrons. The summed E-state index contributed by atoms with van der Waals surface area (Å²) in [6.45, 7) is 4.76. The van der Waals surface area contributed by atoms with Crippen molar-refractivity contribution in [1.29, 1.82) is 0 Å². The summed E-state index contributed by atoms with van der Waals surface area (Å²) in [5.74, 6) is -0.832. The van der Waals surface area contributed by atoms with Crippen LogP contribution in [0.4, 0.5) is 0 Å². The highest BCUT2D eigenvalue weighted by molar-refractivity contribution is 5.78. The Labute approximate surface area is 95.6 Å². The highest BCUT2D eigenvalue weighted by Crippen LogP contribution is 2.20. The van der Waals surface area contributed by atoms with Gasteiger partial charge in [-0.1, -0.05) is 13.8 Å². The highest BCUT2D eigenvalue weighted by atomic mass is 16.4. The van der Waals surface area contributed by atoms with Crippen molar-refractivity contribution in [3.8, 4) is 0 Å². The van der Waals surface area contributed by atoms with Crippen LogP contribution < -0.4 is 5.73 Å².